The van der Waals surface area contributed by atoms with E-state index in [1.807, 2.05) is 0 Å². The van der Waals surface area contributed by atoms with Gasteiger partial charge in [0.1, 0.15) is 6.42 Å². The van der Waals surface area contributed by atoms with Crippen molar-refractivity contribution in [2.45, 2.75) is 19.4 Å². The summed E-state index contributed by atoms with van der Waals surface area (Å²) in [5.41, 5.74) is 1.99. The second-order valence-electron chi connectivity index (χ2n) is 6.42. The Morgan fingerprint density at radius 3 is 2.31 bits per heavy atom. The molecule has 0 atom stereocenters. The van der Waals surface area contributed by atoms with E-state index in [-0.39, 0.29) is 37.7 Å². The SMILES string of the molecule is N#CCC(=O)NCc1cccc(NC(=O)CCN2C(=O)c3ccccc3C2=O)c1. The number of rotatable bonds is 7. The molecule has 0 spiro atoms. The molecule has 4 amide bonds. The fraction of sp³-hybridized carbons (Fsp3) is 0.190. The topological polar surface area (TPSA) is 119 Å². The first-order valence-corrected chi connectivity index (χ1v) is 8.97. The first-order valence-electron chi connectivity index (χ1n) is 8.97. The molecule has 2 N–H and O–H groups in total. The highest BCUT2D eigenvalue weighted by Crippen LogP contribution is 2.22. The Morgan fingerprint density at radius 2 is 1.66 bits per heavy atom. The van der Waals surface area contributed by atoms with E-state index in [0.717, 1.165) is 10.5 Å². The molecule has 8 nitrogen and oxygen atoms in total. The largest absolute Gasteiger partial charge is 0.351 e. The minimum atomic E-state index is -0.395. The van der Waals surface area contributed by atoms with Crippen LogP contribution in [0.5, 0.6) is 0 Å². The minimum Gasteiger partial charge on any atom is -0.351 e. The minimum absolute atomic E-state index is 0.0118. The van der Waals surface area contributed by atoms with Crippen molar-refractivity contribution in [1.82, 2.24) is 10.2 Å². The van der Waals surface area contributed by atoms with Crippen LogP contribution in [0.25, 0.3) is 0 Å². The lowest BCUT2D eigenvalue weighted by Crippen LogP contribution is -2.32. The standard InChI is InChI=1S/C21H18N4O4/c22-10-8-18(26)23-13-14-4-3-5-15(12-14)24-19(27)9-11-25-20(28)16-6-1-2-7-17(16)21(25)29/h1-7,12H,8-9,11,13H2,(H,23,26)(H,24,27). The highest BCUT2D eigenvalue weighted by atomic mass is 16.2. The zero-order valence-corrected chi connectivity index (χ0v) is 15.5. The maximum atomic E-state index is 12.3. The van der Waals surface area contributed by atoms with Crippen LogP contribution < -0.4 is 10.6 Å². The Morgan fingerprint density at radius 1 is 0.966 bits per heavy atom. The molecule has 0 radical (unpaired) electrons. The lowest BCUT2D eigenvalue weighted by atomic mass is 10.1. The van der Waals surface area contributed by atoms with Crippen molar-refractivity contribution in [3.8, 4) is 6.07 Å². The summed E-state index contributed by atoms with van der Waals surface area (Å²) >= 11 is 0. The molecular formula is C21H18N4O4. The summed E-state index contributed by atoms with van der Waals surface area (Å²) in [6, 6.07) is 15.2. The summed E-state index contributed by atoms with van der Waals surface area (Å²) in [6.07, 6.45) is -0.247. The molecule has 2 aromatic rings. The van der Waals surface area contributed by atoms with Gasteiger partial charge in [-0.15, -0.1) is 0 Å². The second kappa shape index (κ2) is 8.80. The molecule has 0 aliphatic carbocycles. The molecule has 1 aliphatic heterocycles. The van der Waals surface area contributed by atoms with Gasteiger partial charge < -0.3 is 10.6 Å². The number of imide groups is 1. The highest BCUT2D eigenvalue weighted by molar-refractivity contribution is 6.21. The van der Waals surface area contributed by atoms with Crippen LogP contribution in [-0.4, -0.2) is 35.1 Å². The number of hydrogen-bond acceptors (Lipinski definition) is 5. The van der Waals surface area contributed by atoms with Gasteiger partial charge in [-0.1, -0.05) is 24.3 Å². The van der Waals surface area contributed by atoms with Gasteiger partial charge in [-0.25, -0.2) is 0 Å². The van der Waals surface area contributed by atoms with E-state index in [1.54, 1.807) is 54.6 Å². The lowest BCUT2D eigenvalue weighted by Gasteiger charge is -2.14. The van der Waals surface area contributed by atoms with Crippen LogP contribution in [0.1, 0.15) is 39.1 Å². The lowest BCUT2D eigenvalue weighted by molar-refractivity contribution is -0.120. The number of amides is 4. The molecule has 0 saturated heterocycles. The van der Waals surface area contributed by atoms with Gasteiger partial charge in [0, 0.05) is 25.2 Å². The Kier molecular flexibility index (Phi) is 6.00. The summed E-state index contributed by atoms with van der Waals surface area (Å²) in [6.45, 7) is 0.224. The number of nitriles is 1. The van der Waals surface area contributed by atoms with E-state index >= 15 is 0 Å². The number of anilines is 1. The highest BCUT2D eigenvalue weighted by Gasteiger charge is 2.34. The van der Waals surface area contributed by atoms with E-state index in [1.165, 1.54) is 0 Å². The van der Waals surface area contributed by atoms with Crippen LogP contribution in [0.15, 0.2) is 48.5 Å². The quantitative estimate of drug-likeness (QED) is 0.699. The Hall–Kier alpha value is -3.99. The van der Waals surface area contributed by atoms with Crippen LogP contribution in [-0.2, 0) is 16.1 Å². The molecule has 1 aliphatic rings. The van der Waals surface area contributed by atoms with E-state index < -0.39 is 11.8 Å². The van der Waals surface area contributed by atoms with Gasteiger partial charge in [-0.3, -0.25) is 24.1 Å². The Labute approximate surface area is 167 Å². The normalized spacial score (nSPS) is 12.3. The summed E-state index contributed by atoms with van der Waals surface area (Å²) in [5.74, 6) is -1.50. The van der Waals surface area contributed by atoms with Crippen molar-refractivity contribution in [1.29, 1.82) is 5.26 Å². The number of fused-ring (bicyclic) bond motifs is 1. The number of carbonyl (C=O) groups excluding carboxylic acids is 4. The third-order valence-corrected chi connectivity index (χ3v) is 4.38. The van der Waals surface area contributed by atoms with Gasteiger partial charge in [0.2, 0.25) is 11.8 Å². The third-order valence-electron chi connectivity index (χ3n) is 4.38. The van der Waals surface area contributed by atoms with E-state index in [4.69, 9.17) is 5.26 Å². The van der Waals surface area contributed by atoms with E-state index in [9.17, 15) is 19.2 Å². The number of carbonyl (C=O) groups is 4. The third kappa shape index (κ3) is 4.65. The van der Waals surface area contributed by atoms with Gasteiger partial charge in [-0.05, 0) is 29.8 Å². The predicted octanol–water partition coefficient (Wildman–Crippen LogP) is 1.84. The van der Waals surface area contributed by atoms with Gasteiger partial charge in [0.05, 0.1) is 17.2 Å². The molecule has 0 aromatic heterocycles. The zero-order valence-electron chi connectivity index (χ0n) is 15.5. The molecule has 8 heteroatoms. The molecule has 0 fully saturated rings. The van der Waals surface area contributed by atoms with Crippen LogP contribution >= 0.6 is 0 Å². The number of nitrogens with zero attached hydrogens (tertiary/aromatic N) is 2. The maximum absolute atomic E-state index is 12.3. The van der Waals surface area contributed by atoms with Crippen LogP contribution in [0.3, 0.4) is 0 Å². The smallest absolute Gasteiger partial charge is 0.261 e. The average Bonchev–Trinajstić information content (AvgIpc) is 2.96. The number of nitrogens with one attached hydrogen (secondary N) is 2. The molecule has 29 heavy (non-hydrogen) atoms. The first-order chi connectivity index (χ1) is 14.0. The van der Waals surface area contributed by atoms with Gasteiger partial charge in [0.25, 0.3) is 11.8 Å². The van der Waals surface area contributed by atoms with Crippen molar-refractivity contribution >= 4 is 29.3 Å². The molecule has 146 valence electrons. The number of hydrogen-bond donors (Lipinski definition) is 2. The molecule has 0 saturated carbocycles. The van der Waals surface area contributed by atoms with Crippen molar-refractivity contribution in [3.63, 3.8) is 0 Å². The summed E-state index contributed by atoms with van der Waals surface area (Å²) in [7, 11) is 0. The molecular weight excluding hydrogens is 372 g/mol. The predicted molar refractivity (Wildman–Crippen MR) is 104 cm³/mol. The van der Waals surface area contributed by atoms with Crippen LogP contribution in [0.4, 0.5) is 5.69 Å². The summed E-state index contributed by atoms with van der Waals surface area (Å²) < 4.78 is 0. The Bertz CT molecular complexity index is 990. The first kappa shape index (κ1) is 19.8. The molecule has 2 aromatic carbocycles. The van der Waals surface area contributed by atoms with Crippen LogP contribution in [0.2, 0.25) is 0 Å². The van der Waals surface area contributed by atoms with Crippen molar-refractivity contribution in [3.05, 3.63) is 65.2 Å². The summed E-state index contributed by atoms with van der Waals surface area (Å²) in [4.78, 5) is 49.3. The van der Waals surface area contributed by atoms with E-state index in [0.29, 0.717) is 16.8 Å². The Balaban J connectivity index is 1.53. The average molecular weight is 390 g/mol. The maximum Gasteiger partial charge on any atom is 0.261 e. The molecule has 0 bridgehead atoms. The molecule has 0 unspecified atom stereocenters. The van der Waals surface area contributed by atoms with Crippen molar-refractivity contribution < 1.29 is 19.2 Å². The fourth-order valence-electron chi connectivity index (χ4n) is 2.97. The van der Waals surface area contributed by atoms with Crippen LogP contribution in [0, 0.1) is 11.3 Å². The van der Waals surface area contributed by atoms with E-state index in [2.05, 4.69) is 10.6 Å². The molecule has 3 rings (SSSR count). The van der Waals surface area contributed by atoms with Crippen molar-refractivity contribution in [2.75, 3.05) is 11.9 Å². The van der Waals surface area contributed by atoms with Gasteiger partial charge in [0.15, 0.2) is 0 Å². The monoisotopic (exact) mass is 390 g/mol. The second-order valence-corrected chi connectivity index (χ2v) is 6.42. The van der Waals surface area contributed by atoms with Crippen molar-refractivity contribution in [2.24, 2.45) is 0 Å². The summed E-state index contributed by atoms with van der Waals surface area (Å²) in [5, 5.41) is 13.8. The van der Waals surface area contributed by atoms with Gasteiger partial charge >= 0.3 is 0 Å². The molecule has 1 heterocycles. The van der Waals surface area contributed by atoms with Gasteiger partial charge in [-0.2, -0.15) is 5.26 Å². The fourth-order valence-corrected chi connectivity index (χ4v) is 2.97. The zero-order chi connectivity index (χ0) is 20.8. The number of benzene rings is 2.